The monoisotopic (exact) mass is 509 g/mol. The molecule has 11 nitrogen and oxygen atoms in total. The molecule has 1 aliphatic heterocycles. The number of carbonyl (C=O) groups excluding carboxylic acids is 1. The summed E-state index contributed by atoms with van der Waals surface area (Å²) in [5, 5.41) is 17.9. The molecule has 1 aliphatic rings. The molecule has 1 aromatic heterocycles. The van der Waals surface area contributed by atoms with Crippen LogP contribution in [0, 0.1) is 5.92 Å². The lowest BCUT2D eigenvalue weighted by atomic mass is 10.0. The van der Waals surface area contributed by atoms with Gasteiger partial charge in [0, 0.05) is 39.0 Å². The fourth-order valence-electron chi connectivity index (χ4n) is 4.04. The summed E-state index contributed by atoms with van der Waals surface area (Å²) in [6.07, 6.45) is 2.11. The van der Waals surface area contributed by atoms with E-state index in [1.165, 1.54) is 24.5 Å². The summed E-state index contributed by atoms with van der Waals surface area (Å²) < 4.78 is 41.0. The van der Waals surface area contributed by atoms with Gasteiger partial charge in [-0.3, -0.25) is 9.48 Å². The zero-order chi connectivity index (χ0) is 25.6. The lowest BCUT2D eigenvalue weighted by Gasteiger charge is -2.35. The topological polar surface area (TPSA) is 127 Å². The van der Waals surface area contributed by atoms with Gasteiger partial charge in [-0.1, -0.05) is 24.3 Å². The van der Waals surface area contributed by atoms with Gasteiger partial charge >= 0.3 is 0 Å². The third-order valence-corrected chi connectivity index (χ3v) is 8.10. The van der Waals surface area contributed by atoms with Gasteiger partial charge in [0.1, 0.15) is 16.3 Å². The van der Waals surface area contributed by atoms with Crippen molar-refractivity contribution in [2.24, 2.45) is 5.92 Å². The van der Waals surface area contributed by atoms with Crippen molar-refractivity contribution < 1.29 is 27.8 Å². The number of aromatic nitrogens is 3. The van der Waals surface area contributed by atoms with Crippen molar-refractivity contribution in [2.75, 3.05) is 33.9 Å². The van der Waals surface area contributed by atoms with E-state index in [0.717, 1.165) is 0 Å². The maximum absolute atomic E-state index is 13.4. The number of sulfonamides is 1. The lowest BCUT2D eigenvalue weighted by molar-refractivity contribution is -0.136. The molecule has 0 unspecified atom stereocenters. The number of hydrogen-bond acceptors (Lipinski definition) is 8. The predicted octanol–water partition coefficient (Wildman–Crippen LogP) is 1.13. The number of nitrogens with zero attached hydrogens (tertiary/aromatic N) is 5. The number of methoxy groups -OCH3 is 1. The second kappa shape index (κ2) is 11.9. The minimum absolute atomic E-state index is 0.0468. The Morgan fingerprint density at radius 1 is 1.34 bits per heavy atom. The van der Waals surface area contributed by atoms with Crippen molar-refractivity contribution in [3.8, 4) is 5.75 Å². The Bertz CT molecular complexity index is 1090. The number of benzene rings is 1. The van der Waals surface area contributed by atoms with Gasteiger partial charge in [-0.05, 0) is 25.5 Å². The molecule has 0 spiro atoms. The van der Waals surface area contributed by atoms with Gasteiger partial charge in [0.2, 0.25) is 15.9 Å². The van der Waals surface area contributed by atoms with Crippen molar-refractivity contribution in [2.45, 2.75) is 56.9 Å². The van der Waals surface area contributed by atoms with Crippen LogP contribution < -0.4 is 4.74 Å². The van der Waals surface area contributed by atoms with Crippen LogP contribution in [0.1, 0.15) is 32.4 Å². The maximum atomic E-state index is 13.4. The number of fused-ring (bicyclic) bond motifs is 2. The molecule has 3 rings (SSSR count). The van der Waals surface area contributed by atoms with Crippen LogP contribution in [0.25, 0.3) is 0 Å². The van der Waals surface area contributed by atoms with Gasteiger partial charge in [0.15, 0.2) is 0 Å². The molecule has 35 heavy (non-hydrogen) atoms. The Labute approximate surface area is 206 Å². The van der Waals surface area contributed by atoms with E-state index >= 15 is 0 Å². The van der Waals surface area contributed by atoms with Crippen molar-refractivity contribution in [3.05, 3.63) is 36.2 Å². The Kier molecular flexibility index (Phi) is 9.22. The van der Waals surface area contributed by atoms with Gasteiger partial charge in [-0.15, -0.1) is 5.10 Å². The van der Waals surface area contributed by atoms with Gasteiger partial charge in [0.05, 0.1) is 38.7 Å². The molecular formula is C23H35N5O6S. The molecule has 12 heteroatoms. The molecule has 2 heterocycles. The molecule has 2 aromatic rings. The van der Waals surface area contributed by atoms with E-state index in [4.69, 9.17) is 9.47 Å². The van der Waals surface area contributed by atoms with Crippen molar-refractivity contribution >= 4 is 15.9 Å². The molecule has 0 radical (unpaired) electrons. The summed E-state index contributed by atoms with van der Waals surface area (Å²) in [5.74, 6) is -0.0563. The number of aryl methyl sites for hydroxylation is 1. The van der Waals surface area contributed by atoms with Crippen LogP contribution in [0.15, 0.2) is 35.4 Å². The van der Waals surface area contributed by atoms with Gasteiger partial charge in [-0.25, -0.2) is 8.42 Å². The van der Waals surface area contributed by atoms with Crippen LogP contribution in [0.2, 0.25) is 0 Å². The van der Waals surface area contributed by atoms with Crippen LogP contribution in [0.4, 0.5) is 0 Å². The van der Waals surface area contributed by atoms with Crippen molar-refractivity contribution in [1.82, 2.24) is 24.2 Å². The van der Waals surface area contributed by atoms with E-state index in [1.807, 2.05) is 6.92 Å². The predicted molar refractivity (Wildman–Crippen MR) is 128 cm³/mol. The molecule has 1 aromatic carbocycles. The maximum Gasteiger partial charge on any atom is 0.246 e. The van der Waals surface area contributed by atoms with Crippen LogP contribution >= 0.6 is 0 Å². The lowest BCUT2D eigenvalue weighted by Crippen LogP contribution is -2.47. The van der Waals surface area contributed by atoms with Crippen LogP contribution in [-0.2, 0) is 32.7 Å². The quantitative estimate of drug-likeness (QED) is 0.589. The summed E-state index contributed by atoms with van der Waals surface area (Å²) >= 11 is 0. The van der Waals surface area contributed by atoms with Gasteiger partial charge in [-0.2, -0.15) is 4.31 Å². The molecule has 1 N–H and O–H groups in total. The zero-order valence-corrected chi connectivity index (χ0v) is 21.5. The number of hydrogen-bond donors (Lipinski definition) is 1. The molecule has 3 atom stereocenters. The first-order chi connectivity index (χ1) is 16.7. The molecule has 194 valence electrons. The van der Waals surface area contributed by atoms with E-state index < -0.39 is 16.1 Å². The second-order valence-electron chi connectivity index (χ2n) is 8.92. The molecule has 0 saturated carbocycles. The highest BCUT2D eigenvalue weighted by atomic mass is 32.2. The van der Waals surface area contributed by atoms with Crippen LogP contribution in [0.3, 0.4) is 0 Å². The Morgan fingerprint density at radius 3 is 2.80 bits per heavy atom. The summed E-state index contributed by atoms with van der Waals surface area (Å²) in [7, 11) is -0.953. The van der Waals surface area contributed by atoms with Crippen LogP contribution in [-0.4, -0.2) is 89.6 Å². The molecule has 0 fully saturated rings. The standard InChI is InChI=1S/C23H35N5O6S/c1-17-12-28(18(2)15-29)23(30)10-7-11-27-13-19(24-25-27)16-34-21(17)14-26(3)35(31,32)22-9-6-5-8-20(22)33-4/h5-6,8-9,13,17-18,21,29H,7,10-12,14-16H2,1-4H3/t17-,18-,21-/m0/s1. The largest absolute Gasteiger partial charge is 0.495 e. The second-order valence-corrected chi connectivity index (χ2v) is 10.9. The Balaban J connectivity index is 1.88. The third-order valence-electron chi connectivity index (χ3n) is 6.24. The van der Waals surface area contributed by atoms with E-state index in [0.29, 0.717) is 31.6 Å². The number of carbonyl (C=O) groups is 1. The molecule has 1 amide bonds. The van der Waals surface area contributed by atoms with Crippen molar-refractivity contribution in [1.29, 1.82) is 0 Å². The minimum Gasteiger partial charge on any atom is -0.495 e. The average molecular weight is 510 g/mol. The average Bonchev–Trinajstić information content (AvgIpc) is 3.31. The fraction of sp³-hybridized carbons (Fsp3) is 0.609. The first kappa shape index (κ1) is 27.1. The number of para-hydroxylation sites is 1. The third kappa shape index (κ3) is 6.57. The highest BCUT2D eigenvalue weighted by molar-refractivity contribution is 7.89. The van der Waals surface area contributed by atoms with Gasteiger partial charge < -0.3 is 19.5 Å². The SMILES string of the molecule is COc1ccccc1S(=O)(=O)N(C)C[C@@H]1OCc2cn(nn2)CCCC(=O)N([C@@H](C)CO)C[C@@H]1C. The summed E-state index contributed by atoms with van der Waals surface area (Å²) in [6.45, 7) is 4.59. The van der Waals surface area contributed by atoms with Crippen molar-refractivity contribution in [3.63, 3.8) is 0 Å². The molecular weight excluding hydrogens is 474 g/mol. The summed E-state index contributed by atoms with van der Waals surface area (Å²) in [4.78, 5) is 14.7. The molecule has 0 aliphatic carbocycles. The normalized spacial score (nSPS) is 21.2. The highest BCUT2D eigenvalue weighted by Crippen LogP contribution is 2.27. The highest BCUT2D eigenvalue weighted by Gasteiger charge is 2.32. The smallest absolute Gasteiger partial charge is 0.246 e. The van der Waals surface area contributed by atoms with E-state index in [-0.39, 0.29) is 48.3 Å². The molecule has 0 saturated heterocycles. The summed E-state index contributed by atoms with van der Waals surface area (Å²) in [5.41, 5.74) is 0.628. The van der Waals surface area contributed by atoms with Crippen LogP contribution in [0.5, 0.6) is 5.75 Å². The van der Waals surface area contributed by atoms with E-state index in [1.54, 1.807) is 40.9 Å². The summed E-state index contributed by atoms with van der Waals surface area (Å²) in [6, 6.07) is 6.08. The number of amides is 1. The number of aliphatic hydroxyl groups is 1. The fourth-order valence-corrected chi connectivity index (χ4v) is 5.38. The van der Waals surface area contributed by atoms with Gasteiger partial charge in [0.25, 0.3) is 0 Å². The number of aliphatic hydroxyl groups excluding tert-OH is 1. The first-order valence-electron chi connectivity index (χ1n) is 11.7. The minimum atomic E-state index is -3.87. The van der Waals surface area contributed by atoms with E-state index in [9.17, 15) is 18.3 Å². The number of likely N-dealkylation sites (N-methyl/N-ethyl adjacent to an activating group) is 1. The number of rotatable bonds is 7. The van der Waals surface area contributed by atoms with E-state index in [2.05, 4.69) is 10.3 Å². The number of ether oxygens (including phenoxy) is 2. The first-order valence-corrected chi connectivity index (χ1v) is 13.1. The molecule has 2 bridgehead atoms. The Morgan fingerprint density at radius 2 is 2.09 bits per heavy atom. The zero-order valence-electron chi connectivity index (χ0n) is 20.7. The Hall–Kier alpha value is -2.54.